The summed E-state index contributed by atoms with van der Waals surface area (Å²) in [5, 5.41) is 22.1. The third-order valence-corrected chi connectivity index (χ3v) is 3.46. The number of nitriles is 1. The standard InChI is InChI=1S/C12H16N4O3S/c1-2-16(7-3-5-13)12(19)14-6-4-10-15-9(8-20-10)11(17)18/h8H,2-4,6-7H2,1H3,(H,14,19)(H,17,18). The van der Waals surface area contributed by atoms with Crippen LogP contribution in [0.2, 0.25) is 0 Å². The average Bonchev–Trinajstić information content (AvgIpc) is 2.88. The molecule has 1 aromatic rings. The number of thiazole rings is 1. The molecule has 2 N–H and O–H groups in total. The van der Waals surface area contributed by atoms with Crippen LogP contribution < -0.4 is 5.32 Å². The van der Waals surface area contributed by atoms with Crippen molar-refractivity contribution in [3.8, 4) is 6.07 Å². The lowest BCUT2D eigenvalue weighted by atomic mass is 10.4. The van der Waals surface area contributed by atoms with Crippen molar-refractivity contribution in [3.63, 3.8) is 0 Å². The van der Waals surface area contributed by atoms with Crippen LogP contribution in [0.1, 0.15) is 28.8 Å². The Morgan fingerprint density at radius 2 is 2.35 bits per heavy atom. The Morgan fingerprint density at radius 1 is 1.60 bits per heavy atom. The highest BCUT2D eigenvalue weighted by Crippen LogP contribution is 2.09. The van der Waals surface area contributed by atoms with E-state index >= 15 is 0 Å². The van der Waals surface area contributed by atoms with Gasteiger partial charge >= 0.3 is 12.0 Å². The monoisotopic (exact) mass is 296 g/mol. The van der Waals surface area contributed by atoms with Gasteiger partial charge in [0, 0.05) is 31.4 Å². The van der Waals surface area contributed by atoms with Crippen LogP contribution in [0.5, 0.6) is 0 Å². The van der Waals surface area contributed by atoms with Crippen LogP contribution in [0.3, 0.4) is 0 Å². The van der Waals surface area contributed by atoms with E-state index in [0.29, 0.717) is 37.5 Å². The van der Waals surface area contributed by atoms with Crippen molar-refractivity contribution in [2.75, 3.05) is 19.6 Å². The van der Waals surface area contributed by atoms with E-state index in [0.717, 1.165) is 0 Å². The lowest BCUT2D eigenvalue weighted by Crippen LogP contribution is -2.41. The normalized spacial score (nSPS) is 9.80. The highest BCUT2D eigenvalue weighted by atomic mass is 32.1. The molecule has 0 saturated heterocycles. The molecule has 0 aliphatic rings. The molecule has 0 aliphatic carbocycles. The highest BCUT2D eigenvalue weighted by Gasteiger charge is 2.11. The number of carbonyl (C=O) groups is 2. The van der Waals surface area contributed by atoms with Gasteiger partial charge in [0.2, 0.25) is 0 Å². The van der Waals surface area contributed by atoms with Crippen LogP contribution in [-0.2, 0) is 6.42 Å². The molecular formula is C12H16N4O3S. The first-order valence-corrected chi connectivity index (χ1v) is 7.03. The van der Waals surface area contributed by atoms with Gasteiger partial charge in [-0.2, -0.15) is 5.26 Å². The van der Waals surface area contributed by atoms with Crippen molar-refractivity contribution in [3.05, 3.63) is 16.1 Å². The zero-order valence-corrected chi connectivity index (χ0v) is 11.9. The first-order valence-electron chi connectivity index (χ1n) is 6.16. The van der Waals surface area contributed by atoms with E-state index in [4.69, 9.17) is 10.4 Å². The average molecular weight is 296 g/mol. The molecule has 20 heavy (non-hydrogen) atoms. The maximum absolute atomic E-state index is 11.8. The van der Waals surface area contributed by atoms with Crippen LogP contribution in [0.4, 0.5) is 4.79 Å². The maximum Gasteiger partial charge on any atom is 0.355 e. The first kappa shape index (κ1) is 15.9. The fourth-order valence-electron chi connectivity index (χ4n) is 1.50. The van der Waals surface area contributed by atoms with Crippen molar-refractivity contribution in [1.82, 2.24) is 15.2 Å². The second-order valence-corrected chi connectivity index (χ2v) is 4.84. The van der Waals surface area contributed by atoms with Crippen molar-refractivity contribution < 1.29 is 14.7 Å². The lowest BCUT2D eigenvalue weighted by molar-refractivity contribution is 0.0691. The van der Waals surface area contributed by atoms with Crippen molar-refractivity contribution >= 4 is 23.3 Å². The largest absolute Gasteiger partial charge is 0.476 e. The number of aromatic nitrogens is 1. The van der Waals surface area contributed by atoms with Gasteiger partial charge in [0.15, 0.2) is 5.69 Å². The van der Waals surface area contributed by atoms with Gasteiger partial charge in [0.05, 0.1) is 17.5 Å². The van der Waals surface area contributed by atoms with Gasteiger partial charge in [0.25, 0.3) is 0 Å². The number of amides is 2. The topological polar surface area (TPSA) is 106 Å². The Bertz CT molecular complexity index is 509. The van der Waals surface area contributed by atoms with Gasteiger partial charge in [0.1, 0.15) is 0 Å². The van der Waals surface area contributed by atoms with Gasteiger partial charge in [-0.05, 0) is 6.92 Å². The number of carbonyl (C=O) groups excluding carboxylic acids is 1. The maximum atomic E-state index is 11.8. The van der Waals surface area contributed by atoms with E-state index in [2.05, 4.69) is 10.3 Å². The molecule has 1 rings (SSSR count). The first-order chi connectivity index (χ1) is 9.58. The summed E-state index contributed by atoms with van der Waals surface area (Å²) in [5.41, 5.74) is 0.0283. The summed E-state index contributed by atoms with van der Waals surface area (Å²) in [5.74, 6) is -1.05. The van der Waals surface area contributed by atoms with E-state index in [-0.39, 0.29) is 11.7 Å². The van der Waals surface area contributed by atoms with Crippen molar-refractivity contribution in [2.45, 2.75) is 19.8 Å². The molecule has 1 aromatic heterocycles. The summed E-state index contributed by atoms with van der Waals surface area (Å²) in [6, 6.07) is 1.77. The van der Waals surface area contributed by atoms with Crippen LogP contribution in [0, 0.1) is 11.3 Å². The number of hydrogen-bond acceptors (Lipinski definition) is 5. The van der Waals surface area contributed by atoms with Gasteiger partial charge < -0.3 is 15.3 Å². The minimum atomic E-state index is -1.05. The SMILES string of the molecule is CCN(CCC#N)C(=O)NCCc1nc(C(=O)O)cs1. The smallest absolute Gasteiger partial charge is 0.355 e. The van der Waals surface area contributed by atoms with Gasteiger partial charge in [-0.15, -0.1) is 11.3 Å². The Hall–Kier alpha value is -2.14. The molecule has 0 spiro atoms. The summed E-state index contributed by atoms with van der Waals surface area (Å²) in [6.07, 6.45) is 0.787. The molecule has 108 valence electrons. The number of carboxylic acid groups (broad SMARTS) is 1. The molecule has 1 heterocycles. The number of aromatic carboxylic acids is 1. The number of nitrogens with zero attached hydrogens (tertiary/aromatic N) is 3. The van der Waals surface area contributed by atoms with Gasteiger partial charge in [-0.25, -0.2) is 14.6 Å². The lowest BCUT2D eigenvalue weighted by Gasteiger charge is -2.19. The fraction of sp³-hybridized carbons (Fsp3) is 0.500. The molecule has 8 heteroatoms. The summed E-state index contributed by atoms with van der Waals surface area (Å²) < 4.78 is 0. The molecule has 0 aromatic carbocycles. The Labute approximate surface area is 120 Å². The molecule has 0 unspecified atom stereocenters. The van der Waals surface area contributed by atoms with E-state index in [1.165, 1.54) is 16.7 Å². The van der Waals surface area contributed by atoms with E-state index < -0.39 is 5.97 Å². The quantitative estimate of drug-likeness (QED) is 0.789. The summed E-state index contributed by atoms with van der Waals surface area (Å²) in [7, 11) is 0. The third kappa shape index (κ3) is 4.85. The van der Waals surface area contributed by atoms with Crippen LogP contribution in [0.25, 0.3) is 0 Å². The number of urea groups is 1. The molecule has 0 radical (unpaired) electrons. The van der Waals surface area contributed by atoms with Gasteiger partial charge in [-0.3, -0.25) is 0 Å². The van der Waals surface area contributed by atoms with Crippen LogP contribution in [-0.4, -0.2) is 46.6 Å². The number of carboxylic acids is 1. The fourth-order valence-corrected chi connectivity index (χ4v) is 2.27. The molecular weight excluding hydrogens is 280 g/mol. The number of hydrogen-bond donors (Lipinski definition) is 2. The number of rotatable bonds is 7. The van der Waals surface area contributed by atoms with Gasteiger partial charge in [-0.1, -0.05) is 0 Å². The summed E-state index contributed by atoms with van der Waals surface area (Å²) in [4.78, 5) is 27.9. The highest BCUT2D eigenvalue weighted by molar-refractivity contribution is 7.09. The second-order valence-electron chi connectivity index (χ2n) is 3.90. The van der Waals surface area contributed by atoms with Crippen LogP contribution >= 0.6 is 11.3 Å². The van der Waals surface area contributed by atoms with Crippen LogP contribution in [0.15, 0.2) is 5.38 Å². The molecule has 0 aliphatic heterocycles. The molecule has 0 atom stereocenters. The second kappa shape index (κ2) is 8.12. The molecule has 2 amide bonds. The Morgan fingerprint density at radius 3 is 2.90 bits per heavy atom. The molecule has 0 saturated carbocycles. The molecule has 0 bridgehead atoms. The zero-order chi connectivity index (χ0) is 15.0. The van der Waals surface area contributed by atoms with E-state index in [1.54, 1.807) is 4.90 Å². The van der Waals surface area contributed by atoms with Crippen molar-refractivity contribution in [2.24, 2.45) is 0 Å². The summed E-state index contributed by atoms with van der Waals surface area (Å²) in [6.45, 7) is 3.17. The van der Waals surface area contributed by atoms with E-state index in [9.17, 15) is 9.59 Å². The van der Waals surface area contributed by atoms with E-state index in [1.807, 2.05) is 13.0 Å². The Kier molecular flexibility index (Phi) is 6.46. The molecule has 7 nitrogen and oxygen atoms in total. The predicted octanol–water partition coefficient (Wildman–Crippen LogP) is 1.33. The third-order valence-electron chi connectivity index (χ3n) is 2.55. The minimum absolute atomic E-state index is 0.0283. The molecule has 0 fully saturated rings. The van der Waals surface area contributed by atoms with Crippen molar-refractivity contribution in [1.29, 1.82) is 5.26 Å². The summed E-state index contributed by atoms with van der Waals surface area (Å²) >= 11 is 1.26. The minimum Gasteiger partial charge on any atom is -0.476 e. The predicted molar refractivity (Wildman–Crippen MR) is 73.7 cm³/mol. The zero-order valence-electron chi connectivity index (χ0n) is 11.1. The Balaban J connectivity index is 2.37. The number of nitrogens with one attached hydrogen (secondary N) is 1.